The molecule has 0 aliphatic rings. The lowest BCUT2D eigenvalue weighted by Gasteiger charge is -2.11. The molecule has 1 heterocycles. The van der Waals surface area contributed by atoms with Crippen LogP contribution in [-0.4, -0.2) is 32.8 Å². The summed E-state index contributed by atoms with van der Waals surface area (Å²) in [5.74, 6) is 0.727. The number of hydrogen-bond donors (Lipinski definition) is 2. The summed E-state index contributed by atoms with van der Waals surface area (Å²) >= 11 is 0. The van der Waals surface area contributed by atoms with Gasteiger partial charge in [0, 0.05) is 24.7 Å². The lowest BCUT2D eigenvalue weighted by atomic mass is 10.1. The van der Waals surface area contributed by atoms with Crippen molar-refractivity contribution in [3.05, 3.63) is 17.0 Å². The van der Waals surface area contributed by atoms with Gasteiger partial charge in [-0.25, -0.2) is 4.79 Å². The Morgan fingerprint density at radius 1 is 1.53 bits per heavy atom. The zero-order valence-electron chi connectivity index (χ0n) is 11.2. The molecule has 0 aromatic carbocycles. The average molecular weight is 263 g/mol. The zero-order valence-corrected chi connectivity index (χ0v) is 11.2. The van der Waals surface area contributed by atoms with E-state index in [1.54, 1.807) is 11.7 Å². The minimum Gasteiger partial charge on any atom is -0.480 e. The van der Waals surface area contributed by atoms with E-state index in [4.69, 9.17) is 11.5 Å². The van der Waals surface area contributed by atoms with E-state index >= 15 is 0 Å². The summed E-state index contributed by atoms with van der Waals surface area (Å²) in [6, 6.07) is -1.05. The molecule has 0 aliphatic carbocycles. The van der Waals surface area contributed by atoms with Gasteiger partial charge in [0.05, 0.1) is 12.1 Å². The standard InChI is InChI=1S/C13H17N3O3/c1-5-6-11(13(18)19)14-12(17)7-10-8(2)15-16(4)9(10)3/h1,11H,6-7H2,2-4H3,(H,14,17)(H,18,19). The lowest BCUT2D eigenvalue weighted by molar-refractivity contribution is -0.141. The van der Waals surface area contributed by atoms with Crippen LogP contribution in [0.4, 0.5) is 0 Å². The number of aromatic nitrogens is 2. The van der Waals surface area contributed by atoms with Gasteiger partial charge in [0.25, 0.3) is 0 Å². The van der Waals surface area contributed by atoms with Gasteiger partial charge in [-0.05, 0) is 13.8 Å². The fourth-order valence-electron chi connectivity index (χ4n) is 1.80. The van der Waals surface area contributed by atoms with Gasteiger partial charge in [-0.2, -0.15) is 5.10 Å². The summed E-state index contributed by atoms with van der Waals surface area (Å²) in [6.07, 6.45) is 5.13. The van der Waals surface area contributed by atoms with Crippen LogP contribution in [0.1, 0.15) is 23.4 Å². The third kappa shape index (κ3) is 3.58. The first-order valence-electron chi connectivity index (χ1n) is 5.81. The number of nitrogens with one attached hydrogen (secondary N) is 1. The van der Waals surface area contributed by atoms with Crippen LogP contribution in [0, 0.1) is 26.2 Å². The molecule has 0 bridgehead atoms. The number of terminal acetylenes is 1. The van der Waals surface area contributed by atoms with Crippen molar-refractivity contribution in [1.29, 1.82) is 0 Å². The Kier molecular flexibility index (Phi) is 4.70. The van der Waals surface area contributed by atoms with Crippen molar-refractivity contribution in [2.75, 3.05) is 0 Å². The molecule has 0 saturated carbocycles. The van der Waals surface area contributed by atoms with E-state index in [9.17, 15) is 9.59 Å². The number of aryl methyl sites for hydroxylation is 2. The van der Waals surface area contributed by atoms with E-state index in [0.29, 0.717) is 0 Å². The minimum absolute atomic E-state index is 0.0356. The van der Waals surface area contributed by atoms with Crippen molar-refractivity contribution < 1.29 is 14.7 Å². The van der Waals surface area contributed by atoms with E-state index < -0.39 is 12.0 Å². The molecule has 1 rings (SSSR count). The fourth-order valence-corrected chi connectivity index (χ4v) is 1.80. The molecule has 0 spiro atoms. The van der Waals surface area contributed by atoms with E-state index in [0.717, 1.165) is 17.0 Å². The highest BCUT2D eigenvalue weighted by Gasteiger charge is 2.20. The molecule has 102 valence electrons. The first-order chi connectivity index (χ1) is 8.86. The largest absolute Gasteiger partial charge is 0.480 e. The van der Waals surface area contributed by atoms with Gasteiger partial charge < -0.3 is 10.4 Å². The SMILES string of the molecule is C#CCC(NC(=O)Cc1c(C)nn(C)c1C)C(=O)O. The molecule has 0 fully saturated rings. The Labute approximate surface area is 111 Å². The summed E-state index contributed by atoms with van der Waals surface area (Å²) in [5.41, 5.74) is 2.46. The number of nitrogens with zero attached hydrogens (tertiary/aromatic N) is 2. The smallest absolute Gasteiger partial charge is 0.327 e. The summed E-state index contributed by atoms with van der Waals surface area (Å²) in [4.78, 5) is 22.7. The minimum atomic E-state index is -1.13. The number of carbonyl (C=O) groups excluding carboxylic acids is 1. The Bertz CT molecular complexity index is 540. The highest BCUT2D eigenvalue weighted by atomic mass is 16.4. The van der Waals surface area contributed by atoms with Gasteiger partial charge in [0.1, 0.15) is 6.04 Å². The number of hydrogen-bond acceptors (Lipinski definition) is 3. The average Bonchev–Trinajstić information content (AvgIpc) is 2.55. The number of rotatable bonds is 5. The summed E-state index contributed by atoms with van der Waals surface area (Å²) < 4.78 is 1.69. The van der Waals surface area contributed by atoms with Crippen LogP contribution in [0.5, 0.6) is 0 Å². The number of amides is 1. The van der Waals surface area contributed by atoms with Crippen molar-refractivity contribution in [2.45, 2.75) is 32.7 Å². The summed E-state index contributed by atoms with van der Waals surface area (Å²) in [5, 5.41) is 15.5. The van der Waals surface area contributed by atoms with Crippen LogP contribution in [0.2, 0.25) is 0 Å². The molecule has 1 atom stereocenters. The molecule has 1 aromatic heterocycles. The molecule has 0 saturated heterocycles. The quantitative estimate of drug-likeness (QED) is 0.742. The van der Waals surface area contributed by atoms with Crippen LogP contribution >= 0.6 is 0 Å². The van der Waals surface area contributed by atoms with Gasteiger partial charge in [-0.1, -0.05) is 0 Å². The van der Waals surface area contributed by atoms with E-state index in [2.05, 4.69) is 16.3 Å². The first kappa shape index (κ1) is 14.8. The first-order valence-corrected chi connectivity index (χ1v) is 5.81. The Morgan fingerprint density at radius 3 is 2.58 bits per heavy atom. The van der Waals surface area contributed by atoms with E-state index in [-0.39, 0.29) is 18.7 Å². The monoisotopic (exact) mass is 263 g/mol. The molecule has 0 aliphatic heterocycles. The van der Waals surface area contributed by atoms with Gasteiger partial charge in [-0.15, -0.1) is 12.3 Å². The van der Waals surface area contributed by atoms with E-state index in [1.165, 1.54) is 0 Å². The van der Waals surface area contributed by atoms with Crippen molar-refractivity contribution in [1.82, 2.24) is 15.1 Å². The van der Waals surface area contributed by atoms with Crippen LogP contribution < -0.4 is 5.32 Å². The Hall–Kier alpha value is -2.29. The van der Waals surface area contributed by atoms with Crippen LogP contribution in [-0.2, 0) is 23.1 Å². The molecule has 1 unspecified atom stereocenters. The molecule has 6 heteroatoms. The van der Waals surface area contributed by atoms with Gasteiger partial charge in [0.2, 0.25) is 5.91 Å². The second kappa shape index (κ2) is 6.05. The lowest BCUT2D eigenvalue weighted by Crippen LogP contribution is -2.41. The molecule has 19 heavy (non-hydrogen) atoms. The van der Waals surface area contributed by atoms with Crippen molar-refractivity contribution in [2.24, 2.45) is 7.05 Å². The summed E-state index contributed by atoms with van der Waals surface area (Å²) in [7, 11) is 1.79. The number of aliphatic carboxylic acids is 1. The molecule has 0 radical (unpaired) electrons. The second-order valence-corrected chi connectivity index (χ2v) is 4.32. The predicted octanol–water partition coefficient (Wildman–Crippen LogP) is 0.172. The van der Waals surface area contributed by atoms with Gasteiger partial charge in [0.15, 0.2) is 0 Å². The Balaban J connectivity index is 2.75. The normalized spacial score (nSPS) is 11.7. The maximum Gasteiger partial charge on any atom is 0.327 e. The van der Waals surface area contributed by atoms with Crippen molar-refractivity contribution in [3.63, 3.8) is 0 Å². The zero-order chi connectivity index (χ0) is 14.6. The third-order valence-electron chi connectivity index (χ3n) is 2.95. The second-order valence-electron chi connectivity index (χ2n) is 4.32. The molecular weight excluding hydrogens is 246 g/mol. The molecule has 1 amide bonds. The molecular formula is C13H17N3O3. The predicted molar refractivity (Wildman–Crippen MR) is 69.4 cm³/mol. The van der Waals surface area contributed by atoms with Crippen LogP contribution in [0.25, 0.3) is 0 Å². The van der Waals surface area contributed by atoms with E-state index in [1.807, 2.05) is 13.8 Å². The number of carboxylic acid groups (broad SMARTS) is 1. The molecule has 1 aromatic rings. The van der Waals surface area contributed by atoms with Crippen LogP contribution in [0.15, 0.2) is 0 Å². The maximum absolute atomic E-state index is 11.8. The highest BCUT2D eigenvalue weighted by Crippen LogP contribution is 2.12. The van der Waals surface area contributed by atoms with Gasteiger partial charge >= 0.3 is 5.97 Å². The molecule has 2 N–H and O–H groups in total. The maximum atomic E-state index is 11.8. The fraction of sp³-hybridized carbons (Fsp3) is 0.462. The van der Waals surface area contributed by atoms with Crippen LogP contribution in [0.3, 0.4) is 0 Å². The Morgan fingerprint density at radius 2 is 2.16 bits per heavy atom. The van der Waals surface area contributed by atoms with Crippen molar-refractivity contribution >= 4 is 11.9 Å². The summed E-state index contributed by atoms with van der Waals surface area (Å²) in [6.45, 7) is 3.67. The van der Waals surface area contributed by atoms with Crippen molar-refractivity contribution in [3.8, 4) is 12.3 Å². The molecule has 6 nitrogen and oxygen atoms in total. The van der Waals surface area contributed by atoms with Gasteiger partial charge in [-0.3, -0.25) is 9.48 Å². The highest BCUT2D eigenvalue weighted by molar-refractivity contribution is 5.85. The third-order valence-corrected chi connectivity index (χ3v) is 2.95. The topological polar surface area (TPSA) is 84.2 Å². The number of carboxylic acids is 1. The number of carbonyl (C=O) groups is 2.